The van der Waals surface area contributed by atoms with Crippen molar-refractivity contribution in [3.63, 3.8) is 0 Å². The average Bonchev–Trinajstić information content (AvgIpc) is 2.77. The summed E-state index contributed by atoms with van der Waals surface area (Å²) in [7, 11) is 0. The Bertz CT molecular complexity index is 877. The third kappa shape index (κ3) is 6.00. The summed E-state index contributed by atoms with van der Waals surface area (Å²) in [6.07, 6.45) is 3.54. The van der Waals surface area contributed by atoms with Crippen LogP contribution in [0.25, 0.3) is 0 Å². The molecule has 2 aromatic rings. The van der Waals surface area contributed by atoms with Crippen molar-refractivity contribution in [2.24, 2.45) is 0 Å². The van der Waals surface area contributed by atoms with Crippen molar-refractivity contribution in [3.05, 3.63) is 47.7 Å². The van der Waals surface area contributed by atoms with E-state index in [1.165, 1.54) is 13.3 Å². The van der Waals surface area contributed by atoms with E-state index in [4.69, 9.17) is 0 Å². The Hall–Kier alpha value is -3.49. The number of hydrogen-bond acceptors (Lipinski definition) is 6. The molecule has 0 unspecified atom stereocenters. The molecule has 30 heavy (non-hydrogen) atoms. The monoisotopic (exact) mass is 410 g/mol. The van der Waals surface area contributed by atoms with Gasteiger partial charge in [-0.3, -0.25) is 14.4 Å². The second-order valence-electron chi connectivity index (χ2n) is 7.09. The molecule has 1 fully saturated rings. The van der Waals surface area contributed by atoms with Crippen molar-refractivity contribution in [2.45, 2.75) is 26.2 Å². The van der Waals surface area contributed by atoms with Crippen LogP contribution < -0.4 is 20.9 Å². The van der Waals surface area contributed by atoms with Crippen LogP contribution in [0.4, 0.5) is 11.5 Å². The Labute approximate surface area is 175 Å². The second-order valence-corrected chi connectivity index (χ2v) is 7.09. The molecule has 2 heterocycles. The summed E-state index contributed by atoms with van der Waals surface area (Å²) in [4.78, 5) is 37.5. The molecule has 9 nitrogen and oxygen atoms in total. The summed E-state index contributed by atoms with van der Waals surface area (Å²) in [5.41, 5.74) is 1.34. The first-order chi connectivity index (χ1) is 14.5. The lowest BCUT2D eigenvalue weighted by atomic mass is 10.1. The number of piperidine rings is 1. The normalized spacial score (nSPS) is 13.4. The van der Waals surface area contributed by atoms with Gasteiger partial charge in [0.15, 0.2) is 11.5 Å². The highest BCUT2D eigenvalue weighted by molar-refractivity contribution is 5.95. The van der Waals surface area contributed by atoms with Crippen LogP contribution in [0.5, 0.6) is 0 Å². The van der Waals surface area contributed by atoms with Crippen molar-refractivity contribution < 1.29 is 14.4 Å². The number of benzene rings is 1. The van der Waals surface area contributed by atoms with Gasteiger partial charge in [0.05, 0.1) is 0 Å². The molecule has 3 N–H and O–H groups in total. The van der Waals surface area contributed by atoms with Crippen LogP contribution in [0.1, 0.15) is 47.0 Å². The largest absolute Gasteiger partial charge is 0.355 e. The van der Waals surface area contributed by atoms with Crippen LogP contribution in [0.2, 0.25) is 0 Å². The van der Waals surface area contributed by atoms with Gasteiger partial charge in [0.1, 0.15) is 0 Å². The minimum absolute atomic E-state index is 0.172. The lowest BCUT2D eigenvalue weighted by Gasteiger charge is -2.27. The Morgan fingerprint density at radius 3 is 2.13 bits per heavy atom. The molecule has 0 radical (unpaired) electrons. The van der Waals surface area contributed by atoms with E-state index in [2.05, 4.69) is 31.0 Å². The van der Waals surface area contributed by atoms with E-state index in [-0.39, 0.29) is 36.5 Å². The summed E-state index contributed by atoms with van der Waals surface area (Å²) in [6, 6.07) is 10.0. The van der Waals surface area contributed by atoms with Crippen LogP contribution in [0, 0.1) is 0 Å². The van der Waals surface area contributed by atoms with E-state index in [1.807, 2.05) is 6.07 Å². The first kappa shape index (κ1) is 21.2. The number of hydrogen-bond donors (Lipinski definition) is 3. The van der Waals surface area contributed by atoms with Gasteiger partial charge in [-0.1, -0.05) is 0 Å². The maximum Gasteiger partial charge on any atom is 0.271 e. The molecule has 1 aromatic carbocycles. The summed E-state index contributed by atoms with van der Waals surface area (Å²) in [5.74, 6) is 0.0303. The number of anilines is 2. The van der Waals surface area contributed by atoms with E-state index < -0.39 is 0 Å². The van der Waals surface area contributed by atoms with Crippen molar-refractivity contribution in [1.29, 1.82) is 0 Å². The highest BCUT2D eigenvalue weighted by Crippen LogP contribution is 2.16. The molecule has 0 spiro atoms. The molecule has 0 saturated carbocycles. The molecule has 3 rings (SSSR count). The lowest BCUT2D eigenvalue weighted by molar-refractivity contribution is -0.114. The Morgan fingerprint density at radius 2 is 1.53 bits per heavy atom. The van der Waals surface area contributed by atoms with Gasteiger partial charge in [-0.15, -0.1) is 10.2 Å². The SMILES string of the molecule is CC(=O)Nc1ccc(C(=O)NCCNC(=O)c2ccc(N3CCCCC3)nn2)cc1. The van der Waals surface area contributed by atoms with Gasteiger partial charge in [0.25, 0.3) is 11.8 Å². The molecule has 1 aliphatic heterocycles. The summed E-state index contributed by atoms with van der Waals surface area (Å²) in [6.45, 7) is 3.90. The molecule has 9 heteroatoms. The zero-order chi connectivity index (χ0) is 21.3. The van der Waals surface area contributed by atoms with E-state index in [0.717, 1.165) is 31.7 Å². The summed E-state index contributed by atoms with van der Waals surface area (Å²) in [5, 5.41) is 16.3. The molecule has 0 bridgehead atoms. The zero-order valence-corrected chi connectivity index (χ0v) is 17.0. The van der Waals surface area contributed by atoms with Gasteiger partial charge < -0.3 is 20.9 Å². The number of nitrogens with zero attached hydrogens (tertiary/aromatic N) is 3. The third-order valence-electron chi connectivity index (χ3n) is 4.73. The fourth-order valence-corrected chi connectivity index (χ4v) is 3.19. The predicted octanol–water partition coefficient (Wildman–Crippen LogP) is 1.59. The molecule has 1 saturated heterocycles. The van der Waals surface area contributed by atoms with E-state index in [0.29, 0.717) is 11.3 Å². The van der Waals surface area contributed by atoms with E-state index >= 15 is 0 Å². The average molecular weight is 410 g/mol. The molecule has 0 aliphatic carbocycles. The summed E-state index contributed by atoms with van der Waals surface area (Å²) < 4.78 is 0. The highest BCUT2D eigenvalue weighted by Gasteiger charge is 2.14. The van der Waals surface area contributed by atoms with Gasteiger partial charge in [-0.25, -0.2) is 0 Å². The molecule has 3 amide bonds. The molecular formula is C21H26N6O3. The number of carbonyl (C=O) groups is 3. The van der Waals surface area contributed by atoms with Gasteiger partial charge in [0.2, 0.25) is 5.91 Å². The summed E-state index contributed by atoms with van der Waals surface area (Å²) >= 11 is 0. The maximum atomic E-state index is 12.2. The van der Waals surface area contributed by atoms with Gasteiger partial charge in [-0.05, 0) is 55.7 Å². The second kappa shape index (κ2) is 10.3. The standard InChI is InChI=1S/C21H26N6O3/c1-15(28)24-17-7-5-16(6-8-17)20(29)22-11-12-23-21(30)18-9-10-19(26-25-18)27-13-3-2-4-14-27/h5-10H,2-4,11-14H2,1H3,(H,22,29)(H,23,30)(H,24,28). The topological polar surface area (TPSA) is 116 Å². The van der Waals surface area contributed by atoms with E-state index in [9.17, 15) is 14.4 Å². The number of aromatic nitrogens is 2. The number of nitrogens with one attached hydrogen (secondary N) is 3. The molecule has 0 atom stereocenters. The maximum absolute atomic E-state index is 12.2. The van der Waals surface area contributed by atoms with Crippen molar-refractivity contribution in [2.75, 3.05) is 36.4 Å². The van der Waals surface area contributed by atoms with Gasteiger partial charge >= 0.3 is 0 Å². The lowest BCUT2D eigenvalue weighted by Crippen LogP contribution is -2.35. The minimum atomic E-state index is -0.332. The van der Waals surface area contributed by atoms with E-state index in [1.54, 1.807) is 30.3 Å². The van der Waals surface area contributed by atoms with Crippen molar-refractivity contribution >= 4 is 29.2 Å². The minimum Gasteiger partial charge on any atom is -0.355 e. The first-order valence-corrected chi connectivity index (χ1v) is 10.1. The smallest absolute Gasteiger partial charge is 0.271 e. The highest BCUT2D eigenvalue weighted by atomic mass is 16.2. The Balaban J connectivity index is 1.40. The van der Waals surface area contributed by atoms with Crippen LogP contribution in [-0.4, -0.2) is 54.1 Å². The Morgan fingerprint density at radius 1 is 0.867 bits per heavy atom. The fourth-order valence-electron chi connectivity index (χ4n) is 3.19. The third-order valence-corrected chi connectivity index (χ3v) is 4.73. The van der Waals surface area contributed by atoms with Crippen molar-refractivity contribution in [3.8, 4) is 0 Å². The van der Waals surface area contributed by atoms with Crippen LogP contribution in [0.3, 0.4) is 0 Å². The molecular weight excluding hydrogens is 384 g/mol. The van der Waals surface area contributed by atoms with Crippen molar-refractivity contribution in [1.82, 2.24) is 20.8 Å². The van der Waals surface area contributed by atoms with Crippen LogP contribution in [-0.2, 0) is 4.79 Å². The zero-order valence-electron chi connectivity index (χ0n) is 17.0. The van der Waals surface area contributed by atoms with Gasteiger partial charge in [0, 0.05) is 44.4 Å². The molecule has 1 aromatic heterocycles. The number of carbonyl (C=O) groups excluding carboxylic acids is 3. The predicted molar refractivity (Wildman–Crippen MR) is 114 cm³/mol. The van der Waals surface area contributed by atoms with Crippen LogP contribution >= 0.6 is 0 Å². The molecule has 1 aliphatic rings. The number of amides is 3. The van der Waals surface area contributed by atoms with Crippen LogP contribution in [0.15, 0.2) is 36.4 Å². The Kier molecular flexibility index (Phi) is 7.31. The van der Waals surface area contributed by atoms with Gasteiger partial charge in [-0.2, -0.15) is 0 Å². The fraction of sp³-hybridized carbons (Fsp3) is 0.381. The first-order valence-electron chi connectivity index (χ1n) is 10.1. The quantitative estimate of drug-likeness (QED) is 0.597. The number of rotatable bonds is 7. The molecule has 158 valence electrons.